The zero-order chi connectivity index (χ0) is 20.4. The molecule has 2 aromatic carbocycles. The highest BCUT2D eigenvalue weighted by Crippen LogP contribution is 2.49. The fourth-order valence-corrected chi connectivity index (χ4v) is 4.85. The minimum atomic E-state index is -0.259. The zero-order valence-corrected chi connectivity index (χ0v) is 18.4. The van der Waals surface area contributed by atoms with Gasteiger partial charge < -0.3 is 5.11 Å². The molecule has 0 spiro atoms. The Bertz CT molecular complexity index is 854. The van der Waals surface area contributed by atoms with Gasteiger partial charge in [0.25, 0.3) is 0 Å². The first kappa shape index (κ1) is 21.6. The van der Waals surface area contributed by atoms with Crippen LogP contribution in [0.3, 0.4) is 0 Å². The van der Waals surface area contributed by atoms with E-state index in [2.05, 4.69) is 58.7 Å². The normalized spacial score (nSPS) is 15.0. The second kappa shape index (κ2) is 8.10. The van der Waals surface area contributed by atoms with Crippen molar-refractivity contribution >= 4 is 20.1 Å². The van der Waals surface area contributed by atoms with E-state index in [0.717, 1.165) is 34.0 Å². The minimum absolute atomic E-state index is 0.140. The van der Waals surface area contributed by atoms with Crippen molar-refractivity contribution in [1.82, 2.24) is 0 Å². The number of aromatic hydroxyl groups is 1. The molecule has 0 amide bonds. The van der Waals surface area contributed by atoms with E-state index in [9.17, 15) is 9.50 Å². The van der Waals surface area contributed by atoms with Gasteiger partial charge in [-0.3, -0.25) is 4.99 Å². The minimum Gasteiger partial charge on any atom is -0.507 e. The molecule has 0 aliphatic rings. The number of hydrogen-bond donors (Lipinski definition) is 1. The van der Waals surface area contributed by atoms with Crippen molar-refractivity contribution in [3.05, 3.63) is 58.4 Å². The zero-order valence-electron chi connectivity index (χ0n) is 17.4. The Labute approximate surface area is 164 Å². The van der Waals surface area contributed by atoms with E-state index in [0.29, 0.717) is 14.3 Å². The molecule has 2 rings (SSSR count). The summed E-state index contributed by atoms with van der Waals surface area (Å²) in [6.07, 6.45) is 2.57. The fraction of sp³-hybridized carbons (Fsp3) is 0.435. The van der Waals surface area contributed by atoms with Gasteiger partial charge in [-0.15, -0.1) is 0 Å². The summed E-state index contributed by atoms with van der Waals surface area (Å²) in [5.74, 6) is 0.128. The van der Waals surface area contributed by atoms with Gasteiger partial charge in [0.15, 0.2) is 0 Å². The van der Waals surface area contributed by atoms with Gasteiger partial charge in [-0.05, 0) is 41.8 Å². The van der Waals surface area contributed by atoms with Crippen molar-refractivity contribution in [3.63, 3.8) is 0 Å². The van der Waals surface area contributed by atoms with E-state index in [4.69, 9.17) is 0 Å². The van der Waals surface area contributed by atoms with Crippen LogP contribution in [0.5, 0.6) is 5.75 Å². The first-order chi connectivity index (χ1) is 12.5. The molecule has 0 saturated carbocycles. The summed E-state index contributed by atoms with van der Waals surface area (Å²) in [5, 5.41) is 11.9. The molecule has 2 aromatic rings. The first-order valence-electron chi connectivity index (χ1n) is 9.36. The predicted molar refractivity (Wildman–Crippen MR) is 117 cm³/mol. The van der Waals surface area contributed by atoms with E-state index in [-0.39, 0.29) is 16.4 Å². The van der Waals surface area contributed by atoms with Gasteiger partial charge in [0.2, 0.25) is 0 Å². The van der Waals surface area contributed by atoms with Gasteiger partial charge in [0.1, 0.15) is 11.6 Å². The molecule has 2 nitrogen and oxygen atoms in total. The first-order valence-corrected chi connectivity index (χ1v) is 10.4. The van der Waals surface area contributed by atoms with Gasteiger partial charge in [0.05, 0.1) is 0 Å². The van der Waals surface area contributed by atoms with E-state index in [1.54, 1.807) is 13.3 Å². The molecule has 0 aliphatic carbocycles. The van der Waals surface area contributed by atoms with Crippen LogP contribution in [0.4, 0.5) is 4.39 Å². The van der Waals surface area contributed by atoms with Crippen molar-refractivity contribution in [2.24, 2.45) is 4.99 Å². The molecule has 2 unspecified atom stereocenters. The lowest BCUT2D eigenvalue weighted by Gasteiger charge is -2.33. The molecule has 0 radical (unpaired) electrons. The molecule has 2 atom stereocenters. The number of benzene rings is 2. The van der Waals surface area contributed by atoms with Gasteiger partial charge in [0, 0.05) is 29.5 Å². The molecular weight excluding hydrogens is 356 g/mol. The summed E-state index contributed by atoms with van der Waals surface area (Å²) in [6.45, 7) is 12.8. The fourth-order valence-electron chi connectivity index (χ4n) is 3.31. The maximum Gasteiger partial charge on any atom is 0.123 e. The molecule has 0 bridgehead atoms. The second-order valence-electron chi connectivity index (χ2n) is 8.39. The molecule has 0 heterocycles. The average molecular weight is 387 g/mol. The average Bonchev–Trinajstić information content (AvgIpc) is 2.58. The van der Waals surface area contributed by atoms with Crippen molar-refractivity contribution in [1.29, 1.82) is 0 Å². The highest BCUT2D eigenvalue weighted by atomic mass is 31.1. The van der Waals surface area contributed by atoms with Gasteiger partial charge in [-0.2, -0.15) is 0 Å². The largest absolute Gasteiger partial charge is 0.507 e. The van der Waals surface area contributed by atoms with Crippen molar-refractivity contribution in [3.8, 4) is 5.75 Å². The lowest BCUT2D eigenvalue weighted by molar-refractivity contribution is 0.430. The van der Waals surface area contributed by atoms with Crippen LogP contribution in [0.25, 0.3) is 0 Å². The molecule has 0 aliphatic heterocycles. The van der Waals surface area contributed by atoms with Crippen molar-refractivity contribution in [2.45, 2.75) is 58.5 Å². The van der Waals surface area contributed by atoms with Crippen LogP contribution in [0.1, 0.15) is 63.3 Å². The van der Waals surface area contributed by atoms with Gasteiger partial charge >= 0.3 is 0 Å². The summed E-state index contributed by atoms with van der Waals surface area (Å²) in [6, 6.07) is 9.05. The van der Waals surface area contributed by atoms with Gasteiger partial charge in [-0.1, -0.05) is 67.0 Å². The lowest BCUT2D eigenvalue weighted by atomic mass is 9.82. The standard InChI is InChI=1S/C23H31FNOP/c1-8-23(6,27-20-10-9-17(24)13-16(20)14-25-7)19-12-15(2)11-18(21(19)26)22(3,4)5/h9-14,26-27H,8H2,1-7H3/b25-14+. The van der Waals surface area contributed by atoms with Crippen LogP contribution >= 0.6 is 8.58 Å². The maximum atomic E-state index is 13.7. The highest BCUT2D eigenvalue weighted by molar-refractivity contribution is 7.48. The summed E-state index contributed by atoms with van der Waals surface area (Å²) in [7, 11) is 2.08. The second-order valence-corrected chi connectivity index (χ2v) is 10.3. The molecule has 0 fully saturated rings. The van der Waals surface area contributed by atoms with Crippen LogP contribution in [0.2, 0.25) is 0 Å². The SMILES string of the molecule is CCC(C)(Pc1ccc(F)cc1/C=N/C)c1cc(C)cc(C(C)(C)C)c1O. The van der Waals surface area contributed by atoms with E-state index in [1.165, 1.54) is 12.1 Å². The van der Waals surface area contributed by atoms with Crippen molar-refractivity contribution < 1.29 is 9.50 Å². The number of hydrogen-bond acceptors (Lipinski definition) is 2. The number of aliphatic imine (C=N–C) groups is 1. The van der Waals surface area contributed by atoms with Crippen LogP contribution in [0, 0.1) is 12.7 Å². The van der Waals surface area contributed by atoms with E-state index < -0.39 is 0 Å². The van der Waals surface area contributed by atoms with Gasteiger partial charge in [-0.25, -0.2) is 4.39 Å². The quantitative estimate of drug-likeness (QED) is 0.509. The van der Waals surface area contributed by atoms with Crippen LogP contribution in [-0.4, -0.2) is 18.4 Å². The lowest BCUT2D eigenvalue weighted by Crippen LogP contribution is -2.22. The summed E-state index contributed by atoms with van der Waals surface area (Å²) < 4.78 is 13.7. The third-order valence-corrected chi connectivity index (χ3v) is 6.96. The number of halogens is 1. The third-order valence-electron chi connectivity index (χ3n) is 5.06. The molecule has 27 heavy (non-hydrogen) atoms. The summed E-state index contributed by atoms with van der Waals surface area (Å²) in [5.41, 5.74) is 3.75. The highest BCUT2D eigenvalue weighted by Gasteiger charge is 2.32. The van der Waals surface area contributed by atoms with E-state index >= 15 is 0 Å². The molecular formula is C23H31FNOP. The number of phenolic OH excluding ortho intramolecular Hbond substituents is 1. The summed E-state index contributed by atoms with van der Waals surface area (Å²) in [4.78, 5) is 4.08. The molecule has 0 saturated heterocycles. The molecule has 4 heteroatoms. The Morgan fingerprint density at radius 1 is 1.11 bits per heavy atom. The van der Waals surface area contributed by atoms with Crippen molar-refractivity contribution in [2.75, 3.05) is 7.05 Å². The molecule has 1 N–H and O–H groups in total. The monoisotopic (exact) mass is 387 g/mol. The number of aryl methyl sites for hydroxylation is 1. The Morgan fingerprint density at radius 2 is 1.74 bits per heavy atom. The van der Waals surface area contributed by atoms with Crippen LogP contribution in [0.15, 0.2) is 35.3 Å². The maximum absolute atomic E-state index is 13.7. The predicted octanol–water partition coefficient (Wildman–Crippen LogP) is 5.82. The topological polar surface area (TPSA) is 32.6 Å². The van der Waals surface area contributed by atoms with E-state index in [1.807, 2.05) is 6.07 Å². The smallest absolute Gasteiger partial charge is 0.123 e. The summed E-state index contributed by atoms with van der Waals surface area (Å²) >= 11 is 0. The Balaban J connectivity index is 2.61. The molecule has 0 aromatic heterocycles. The Morgan fingerprint density at radius 3 is 2.30 bits per heavy atom. The number of rotatable bonds is 5. The Kier molecular flexibility index (Phi) is 6.47. The number of nitrogens with zero attached hydrogens (tertiary/aromatic N) is 1. The number of phenols is 1. The Hall–Kier alpha value is -1.73. The van der Waals surface area contributed by atoms with Crippen LogP contribution < -0.4 is 5.30 Å². The third kappa shape index (κ3) is 4.76. The van der Waals surface area contributed by atoms with Crippen LogP contribution in [-0.2, 0) is 10.6 Å². The molecule has 146 valence electrons.